The first-order valence-electron chi connectivity index (χ1n) is 7.21. The first-order chi connectivity index (χ1) is 10.4. The lowest BCUT2D eigenvalue weighted by molar-refractivity contribution is -0.120. The van der Waals surface area contributed by atoms with E-state index in [-0.39, 0.29) is 18.3 Å². The highest BCUT2D eigenvalue weighted by atomic mass is 35.5. The lowest BCUT2D eigenvalue weighted by atomic mass is 9.97. The van der Waals surface area contributed by atoms with E-state index < -0.39 is 5.54 Å². The molecule has 0 radical (unpaired) electrons. The first kappa shape index (κ1) is 19.9. The zero-order chi connectivity index (χ0) is 16.2. The van der Waals surface area contributed by atoms with Crippen LogP contribution >= 0.6 is 35.3 Å². The molecular weight excluding hydrogens is 353 g/mol. The van der Waals surface area contributed by atoms with Crippen molar-refractivity contribution in [3.63, 3.8) is 0 Å². The van der Waals surface area contributed by atoms with Gasteiger partial charge in [-0.25, -0.2) is 4.98 Å². The number of benzene rings is 1. The summed E-state index contributed by atoms with van der Waals surface area (Å²) >= 11 is 7.60. The Labute approximate surface area is 151 Å². The van der Waals surface area contributed by atoms with Crippen LogP contribution in [-0.2, 0) is 11.2 Å². The predicted octanol–water partition coefficient (Wildman–Crippen LogP) is 4.27. The average Bonchev–Trinajstić information content (AvgIpc) is 2.88. The van der Waals surface area contributed by atoms with Gasteiger partial charge in [-0.1, -0.05) is 43.1 Å². The molecule has 0 fully saturated rings. The van der Waals surface area contributed by atoms with E-state index in [0.717, 1.165) is 21.9 Å². The molecule has 1 heterocycles. The smallest absolute Gasteiger partial charge is 0.245 e. The highest BCUT2D eigenvalue weighted by Crippen LogP contribution is 2.25. The van der Waals surface area contributed by atoms with Crippen molar-refractivity contribution in [1.29, 1.82) is 0 Å². The Morgan fingerprint density at radius 3 is 2.78 bits per heavy atom. The number of hydrogen-bond acceptors (Lipinski definition) is 4. The number of amides is 1. The van der Waals surface area contributed by atoms with Crippen LogP contribution in [0.4, 0.5) is 5.13 Å². The maximum atomic E-state index is 12.2. The summed E-state index contributed by atoms with van der Waals surface area (Å²) in [7, 11) is 0. The molecule has 1 aromatic carbocycles. The highest BCUT2D eigenvalue weighted by molar-refractivity contribution is 7.15. The molecule has 126 valence electrons. The normalized spacial score (nSPS) is 13.0. The van der Waals surface area contributed by atoms with Crippen molar-refractivity contribution in [3.8, 4) is 0 Å². The van der Waals surface area contributed by atoms with E-state index in [1.807, 2.05) is 31.2 Å². The summed E-state index contributed by atoms with van der Waals surface area (Å²) in [6.45, 7) is 3.74. The molecule has 23 heavy (non-hydrogen) atoms. The fraction of sp³-hybridized carbons (Fsp3) is 0.375. The van der Waals surface area contributed by atoms with Crippen molar-refractivity contribution < 1.29 is 4.79 Å². The maximum Gasteiger partial charge on any atom is 0.245 e. The van der Waals surface area contributed by atoms with Crippen LogP contribution in [0.15, 0.2) is 30.5 Å². The van der Waals surface area contributed by atoms with Crippen molar-refractivity contribution in [2.24, 2.45) is 5.73 Å². The minimum atomic E-state index is -0.872. The van der Waals surface area contributed by atoms with Crippen LogP contribution in [0.25, 0.3) is 0 Å². The molecule has 1 amide bonds. The third kappa shape index (κ3) is 5.46. The summed E-state index contributed by atoms with van der Waals surface area (Å²) in [5, 5.41) is 4.10. The van der Waals surface area contributed by atoms with Crippen LogP contribution in [0.1, 0.15) is 37.1 Å². The third-order valence-electron chi connectivity index (χ3n) is 3.38. The number of thiazole rings is 1. The zero-order valence-electron chi connectivity index (χ0n) is 13.1. The van der Waals surface area contributed by atoms with Crippen LogP contribution in [0.3, 0.4) is 0 Å². The van der Waals surface area contributed by atoms with Crippen LogP contribution in [0.2, 0.25) is 5.02 Å². The van der Waals surface area contributed by atoms with Gasteiger partial charge in [0.05, 0.1) is 5.54 Å². The van der Waals surface area contributed by atoms with Gasteiger partial charge in [-0.2, -0.15) is 0 Å². The van der Waals surface area contributed by atoms with Crippen molar-refractivity contribution >= 4 is 46.4 Å². The molecular formula is C16H21Cl2N3OS. The average molecular weight is 374 g/mol. The SMILES string of the molecule is CCCC(C)(N)C(=O)Nc1ncc(Cc2ccccc2Cl)s1.Cl. The summed E-state index contributed by atoms with van der Waals surface area (Å²) in [6, 6.07) is 7.71. The number of carbonyl (C=O) groups excluding carboxylic acids is 1. The summed E-state index contributed by atoms with van der Waals surface area (Å²) in [6.07, 6.45) is 3.95. The maximum absolute atomic E-state index is 12.2. The molecule has 0 aliphatic rings. The van der Waals surface area contributed by atoms with Gasteiger partial charge >= 0.3 is 0 Å². The number of nitrogens with two attached hydrogens (primary N) is 1. The number of hydrogen-bond donors (Lipinski definition) is 2. The van der Waals surface area contributed by atoms with Crippen molar-refractivity contribution in [2.75, 3.05) is 5.32 Å². The van der Waals surface area contributed by atoms with E-state index in [1.54, 1.807) is 13.1 Å². The minimum Gasteiger partial charge on any atom is -0.318 e. The van der Waals surface area contributed by atoms with Gasteiger partial charge in [-0.15, -0.1) is 23.7 Å². The van der Waals surface area contributed by atoms with Crippen LogP contribution < -0.4 is 11.1 Å². The van der Waals surface area contributed by atoms with E-state index in [1.165, 1.54) is 11.3 Å². The second kappa shape index (κ2) is 8.64. The summed E-state index contributed by atoms with van der Waals surface area (Å²) in [4.78, 5) is 17.4. The Kier molecular flexibility index (Phi) is 7.48. The topological polar surface area (TPSA) is 68.0 Å². The lowest BCUT2D eigenvalue weighted by Gasteiger charge is -2.21. The Morgan fingerprint density at radius 1 is 1.43 bits per heavy atom. The van der Waals surface area contributed by atoms with E-state index in [2.05, 4.69) is 10.3 Å². The van der Waals surface area contributed by atoms with Gasteiger partial charge in [0, 0.05) is 22.5 Å². The summed E-state index contributed by atoms with van der Waals surface area (Å²) in [5.41, 5.74) is 6.19. The van der Waals surface area contributed by atoms with E-state index >= 15 is 0 Å². The fourth-order valence-corrected chi connectivity index (χ4v) is 3.18. The van der Waals surface area contributed by atoms with Crippen LogP contribution in [0.5, 0.6) is 0 Å². The van der Waals surface area contributed by atoms with Gasteiger partial charge < -0.3 is 11.1 Å². The molecule has 4 nitrogen and oxygen atoms in total. The Hall–Kier alpha value is -1.14. The molecule has 0 spiro atoms. The standard InChI is InChI=1S/C16H20ClN3OS.ClH/c1-3-8-16(2,18)14(21)20-15-19-10-12(22-15)9-11-6-4-5-7-13(11)17;/h4-7,10H,3,8-9,18H2,1-2H3,(H,19,20,21);1H. The van der Waals surface area contributed by atoms with Crippen molar-refractivity contribution in [1.82, 2.24) is 4.98 Å². The van der Waals surface area contributed by atoms with Gasteiger partial charge in [-0.3, -0.25) is 4.79 Å². The molecule has 1 aromatic heterocycles. The number of nitrogens with zero attached hydrogens (tertiary/aromatic N) is 1. The van der Waals surface area contributed by atoms with Gasteiger partial charge in [-0.05, 0) is 25.0 Å². The summed E-state index contributed by atoms with van der Waals surface area (Å²) in [5.74, 6) is -0.201. The molecule has 0 aliphatic heterocycles. The fourth-order valence-electron chi connectivity index (χ4n) is 2.15. The monoisotopic (exact) mass is 373 g/mol. The quantitative estimate of drug-likeness (QED) is 0.794. The van der Waals surface area contributed by atoms with Gasteiger partial charge in [0.15, 0.2) is 5.13 Å². The van der Waals surface area contributed by atoms with Crippen molar-refractivity contribution in [3.05, 3.63) is 45.9 Å². The second-order valence-corrected chi connectivity index (χ2v) is 7.04. The first-order valence-corrected chi connectivity index (χ1v) is 8.40. The minimum absolute atomic E-state index is 0. The van der Waals surface area contributed by atoms with Gasteiger partial charge in [0.1, 0.15) is 0 Å². The molecule has 1 unspecified atom stereocenters. The molecule has 7 heteroatoms. The zero-order valence-corrected chi connectivity index (χ0v) is 15.5. The van der Waals surface area contributed by atoms with Crippen LogP contribution in [0, 0.1) is 0 Å². The van der Waals surface area contributed by atoms with Crippen molar-refractivity contribution in [2.45, 2.75) is 38.6 Å². The lowest BCUT2D eigenvalue weighted by Crippen LogP contribution is -2.48. The molecule has 0 aliphatic carbocycles. The number of carbonyl (C=O) groups is 1. The van der Waals surface area contributed by atoms with Crippen LogP contribution in [-0.4, -0.2) is 16.4 Å². The molecule has 0 bridgehead atoms. The van der Waals surface area contributed by atoms with E-state index in [9.17, 15) is 4.79 Å². The Morgan fingerprint density at radius 2 is 2.13 bits per heavy atom. The molecule has 0 saturated heterocycles. The number of halogens is 2. The van der Waals surface area contributed by atoms with Gasteiger partial charge in [0.25, 0.3) is 0 Å². The number of nitrogens with one attached hydrogen (secondary N) is 1. The molecule has 2 aromatic rings. The van der Waals surface area contributed by atoms with Gasteiger partial charge in [0.2, 0.25) is 5.91 Å². The molecule has 1 atom stereocenters. The van der Waals surface area contributed by atoms with E-state index in [0.29, 0.717) is 18.0 Å². The largest absolute Gasteiger partial charge is 0.318 e. The number of aromatic nitrogens is 1. The third-order valence-corrected chi connectivity index (χ3v) is 4.67. The second-order valence-electron chi connectivity index (χ2n) is 5.52. The predicted molar refractivity (Wildman–Crippen MR) is 99.8 cm³/mol. The van der Waals surface area contributed by atoms with E-state index in [4.69, 9.17) is 17.3 Å². The Bertz CT molecular complexity index is 658. The Balaban J connectivity index is 0.00000264. The number of anilines is 1. The highest BCUT2D eigenvalue weighted by Gasteiger charge is 2.27. The molecule has 2 rings (SSSR count). The molecule has 3 N–H and O–H groups in total. The summed E-state index contributed by atoms with van der Waals surface area (Å²) < 4.78 is 0. The number of rotatable bonds is 6. The molecule has 0 saturated carbocycles.